The van der Waals surface area contributed by atoms with Gasteiger partial charge in [0.15, 0.2) is 0 Å². The van der Waals surface area contributed by atoms with Crippen LogP contribution in [-0.4, -0.2) is 26.6 Å². The summed E-state index contributed by atoms with van der Waals surface area (Å²) in [7, 11) is 0. The second-order valence-corrected chi connectivity index (χ2v) is 4.72. The summed E-state index contributed by atoms with van der Waals surface area (Å²) in [5.41, 5.74) is 0. The van der Waals surface area contributed by atoms with Crippen LogP contribution >= 0.6 is 11.5 Å². The number of aliphatic hydroxyl groups excluding tert-OH is 1. The van der Waals surface area contributed by atoms with Gasteiger partial charge in [-0.05, 0) is 12.8 Å². The maximum Gasteiger partial charge on any atom is 0.202 e. The molecule has 4 nitrogen and oxygen atoms in total. The number of aliphatic hydroxyl groups is 1. The molecule has 1 aromatic heterocycles. The normalized spacial score (nSPS) is 26.5. The van der Waals surface area contributed by atoms with E-state index in [2.05, 4.69) is 14.7 Å². The van der Waals surface area contributed by atoms with E-state index in [1.54, 1.807) is 0 Å². The van der Waals surface area contributed by atoms with Gasteiger partial charge in [-0.15, -0.1) is 0 Å². The molecule has 0 unspecified atom stereocenters. The number of anilines is 1. The van der Waals surface area contributed by atoms with Crippen molar-refractivity contribution in [2.45, 2.75) is 51.2 Å². The molecule has 84 valence electrons. The van der Waals surface area contributed by atoms with Crippen LogP contribution in [0.4, 0.5) is 5.13 Å². The van der Waals surface area contributed by atoms with Crippen LogP contribution in [-0.2, 0) is 6.42 Å². The number of hydrogen-bond acceptors (Lipinski definition) is 5. The Kier molecular flexibility index (Phi) is 3.53. The van der Waals surface area contributed by atoms with Gasteiger partial charge in [0.1, 0.15) is 5.82 Å². The molecule has 0 radical (unpaired) electrons. The Hall–Kier alpha value is -0.680. The Morgan fingerprint density at radius 1 is 1.47 bits per heavy atom. The molecule has 1 fully saturated rings. The van der Waals surface area contributed by atoms with Crippen LogP contribution in [0.25, 0.3) is 0 Å². The molecule has 0 saturated heterocycles. The number of nitrogens with zero attached hydrogens (tertiary/aromatic N) is 2. The first-order chi connectivity index (χ1) is 7.29. The van der Waals surface area contributed by atoms with Crippen molar-refractivity contribution in [2.24, 2.45) is 0 Å². The van der Waals surface area contributed by atoms with Crippen molar-refractivity contribution < 1.29 is 5.11 Å². The van der Waals surface area contributed by atoms with Crippen LogP contribution in [0.15, 0.2) is 0 Å². The maximum absolute atomic E-state index is 9.79. The first-order valence-electron chi connectivity index (χ1n) is 5.56. The second-order valence-electron chi connectivity index (χ2n) is 3.97. The third kappa shape index (κ3) is 2.66. The molecule has 0 amide bonds. The molecule has 0 bridgehead atoms. The molecule has 2 atom stereocenters. The summed E-state index contributed by atoms with van der Waals surface area (Å²) in [4.78, 5) is 4.34. The van der Waals surface area contributed by atoms with Gasteiger partial charge >= 0.3 is 0 Å². The van der Waals surface area contributed by atoms with Crippen LogP contribution in [0.3, 0.4) is 0 Å². The number of aryl methyl sites for hydroxylation is 1. The highest BCUT2D eigenvalue weighted by Crippen LogP contribution is 2.23. The topological polar surface area (TPSA) is 58.0 Å². The lowest BCUT2D eigenvalue weighted by Crippen LogP contribution is -2.36. The maximum atomic E-state index is 9.79. The van der Waals surface area contributed by atoms with Crippen LogP contribution in [0.2, 0.25) is 0 Å². The van der Waals surface area contributed by atoms with E-state index in [1.807, 2.05) is 6.92 Å². The van der Waals surface area contributed by atoms with E-state index in [9.17, 15) is 5.11 Å². The molecule has 1 saturated carbocycles. The lowest BCUT2D eigenvalue weighted by Gasteiger charge is -2.27. The monoisotopic (exact) mass is 227 g/mol. The summed E-state index contributed by atoms with van der Waals surface area (Å²) >= 11 is 1.39. The molecule has 0 spiro atoms. The summed E-state index contributed by atoms with van der Waals surface area (Å²) in [6.45, 7) is 2.04. The Balaban J connectivity index is 1.95. The minimum atomic E-state index is -0.229. The van der Waals surface area contributed by atoms with Gasteiger partial charge in [-0.2, -0.15) is 4.37 Å². The van der Waals surface area contributed by atoms with Gasteiger partial charge in [0.05, 0.1) is 12.1 Å². The molecule has 0 aliphatic heterocycles. The number of hydrogen-bond donors (Lipinski definition) is 2. The average Bonchev–Trinajstić information content (AvgIpc) is 2.69. The van der Waals surface area contributed by atoms with E-state index in [0.29, 0.717) is 0 Å². The third-order valence-corrected chi connectivity index (χ3v) is 3.51. The third-order valence-electron chi connectivity index (χ3n) is 2.82. The predicted molar refractivity (Wildman–Crippen MR) is 61.2 cm³/mol. The van der Waals surface area contributed by atoms with E-state index < -0.39 is 0 Å². The quantitative estimate of drug-likeness (QED) is 0.827. The Morgan fingerprint density at radius 3 is 2.93 bits per heavy atom. The van der Waals surface area contributed by atoms with Gasteiger partial charge < -0.3 is 10.4 Å². The number of nitrogens with one attached hydrogen (secondary N) is 1. The average molecular weight is 227 g/mol. The van der Waals surface area contributed by atoms with E-state index in [-0.39, 0.29) is 12.1 Å². The molecular weight excluding hydrogens is 210 g/mol. The molecule has 5 heteroatoms. The van der Waals surface area contributed by atoms with Gasteiger partial charge in [-0.1, -0.05) is 19.8 Å². The molecule has 1 aliphatic rings. The fraction of sp³-hybridized carbons (Fsp3) is 0.800. The van der Waals surface area contributed by atoms with Crippen molar-refractivity contribution in [1.82, 2.24) is 9.36 Å². The van der Waals surface area contributed by atoms with Gasteiger partial charge in [-0.25, -0.2) is 4.98 Å². The fourth-order valence-electron chi connectivity index (χ4n) is 1.89. The summed E-state index contributed by atoms with van der Waals surface area (Å²) in [6.07, 6.45) is 4.89. The molecule has 0 aromatic carbocycles. The van der Waals surface area contributed by atoms with Crippen molar-refractivity contribution in [3.8, 4) is 0 Å². The summed E-state index contributed by atoms with van der Waals surface area (Å²) < 4.78 is 4.21. The molecule has 1 aromatic rings. The van der Waals surface area contributed by atoms with Crippen molar-refractivity contribution in [3.05, 3.63) is 5.82 Å². The highest BCUT2D eigenvalue weighted by atomic mass is 32.1. The smallest absolute Gasteiger partial charge is 0.202 e. The zero-order valence-electron chi connectivity index (χ0n) is 8.94. The van der Waals surface area contributed by atoms with Gasteiger partial charge in [-0.3, -0.25) is 0 Å². The number of rotatable bonds is 3. The van der Waals surface area contributed by atoms with Gasteiger partial charge in [0.25, 0.3) is 0 Å². The minimum absolute atomic E-state index is 0.163. The van der Waals surface area contributed by atoms with Gasteiger partial charge in [0.2, 0.25) is 5.13 Å². The molecule has 15 heavy (non-hydrogen) atoms. The zero-order chi connectivity index (χ0) is 10.7. The van der Waals surface area contributed by atoms with Crippen LogP contribution in [0.1, 0.15) is 38.4 Å². The van der Waals surface area contributed by atoms with E-state index in [1.165, 1.54) is 18.0 Å². The van der Waals surface area contributed by atoms with Crippen LogP contribution < -0.4 is 5.32 Å². The minimum Gasteiger partial charge on any atom is -0.391 e. The lowest BCUT2D eigenvalue weighted by atomic mass is 9.93. The fourth-order valence-corrected chi connectivity index (χ4v) is 2.61. The van der Waals surface area contributed by atoms with Crippen molar-refractivity contribution in [2.75, 3.05) is 5.32 Å². The van der Waals surface area contributed by atoms with Crippen LogP contribution in [0, 0.1) is 0 Å². The molecular formula is C10H17N3OS. The predicted octanol–water partition coefficient (Wildman–Crippen LogP) is 1.82. The molecule has 1 heterocycles. The van der Waals surface area contributed by atoms with Crippen molar-refractivity contribution in [3.63, 3.8) is 0 Å². The first kappa shape index (κ1) is 10.8. The molecule has 2 N–H and O–H groups in total. The largest absolute Gasteiger partial charge is 0.391 e. The standard InChI is InChI=1S/C10H17N3OS/c1-2-9-12-10(15-13-9)11-7-5-3-4-6-8(7)14/h7-8,14H,2-6H2,1H3,(H,11,12,13)/t7-,8-/m0/s1. The zero-order valence-corrected chi connectivity index (χ0v) is 9.76. The molecule has 2 rings (SSSR count). The summed E-state index contributed by atoms with van der Waals surface area (Å²) in [5, 5.41) is 13.9. The Morgan fingerprint density at radius 2 is 2.27 bits per heavy atom. The SMILES string of the molecule is CCc1nsc(N[C@H]2CCCC[C@@H]2O)n1. The highest BCUT2D eigenvalue weighted by Gasteiger charge is 2.23. The van der Waals surface area contributed by atoms with Gasteiger partial charge in [0, 0.05) is 18.0 Å². The summed E-state index contributed by atoms with van der Waals surface area (Å²) in [5.74, 6) is 0.882. The Labute approximate surface area is 93.9 Å². The van der Waals surface area contributed by atoms with E-state index >= 15 is 0 Å². The van der Waals surface area contributed by atoms with E-state index in [4.69, 9.17) is 0 Å². The Bertz CT molecular complexity index is 315. The molecule has 1 aliphatic carbocycles. The highest BCUT2D eigenvalue weighted by molar-refractivity contribution is 7.09. The number of aromatic nitrogens is 2. The first-order valence-corrected chi connectivity index (χ1v) is 6.34. The summed E-state index contributed by atoms with van der Waals surface area (Å²) in [6, 6.07) is 0.163. The van der Waals surface area contributed by atoms with Crippen LogP contribution in [0.5, 0.6) is 0 Å². The second kappa shape index (κ2) is 4.90. The van der Waals surface area contributed by atoms with Crippen molar-refractivity contribution in [1.29, 1.82) is 0 Å². The lowest BCUT2D eigenvalue weighted by molar-refractivity contribution is 0.116. The van der Waals surface area contributed by atoms with E-state index in [0.717, 1.165) is 36.6 Å². The van der Waals surface area contributed by atoms with Crippen molar-refractivity contribution >= 4 is 16.7 Å².